The largest absolute Gasteiger partial charge is 0.478 e. The van der Waals surface area contributed by atoms with Crippen molar-refractivity contribution in [1.29, 1.82) is 0 Å². The van der Waals surface area contributed by atoms with Crippen LogP contribution < -0.4 is 0 Å². The van der Waals surface area contributed by atoms with E-state index in [1.54, 1.807) is 12.1 Å². The molecule has 0 radical (unpaired) electrons. The molecule has 0 aliphatic carbocycles. The van der Waals surface area contributed by atoms with Gasteiger partial charge in [-0.05, 0) is 46.2 Å². The van der Waals surface area contributed by atoms with Crippen molar-refractivity contribution in [2.75, 3.05) is 27.2 Å². The second-order valence-corrected chi connectivity index (χ2v) is 6.19. The standard InChI is InChI=1S/C15H22N2O3S/c1-5-17(11(2)10-16(3)4)15(20)13-8-6-12(21-13)7-9-14(18)19/h6-9,11H,5,10H2,1-4H3,(H,18,19)/b9-7+. The van der Waals surface area contributed by atoms with Gasteiger partial charge in [-0.3, -0.25) is 4.79 Å². The van der Waals surface area contributed by atoms with Gasteiger partial charge >= 0.3 is 5.97 Å². The molecule has 0 aliphatic rings. The van der Waals surface area contributed by atoms with E-state index in [1.807, 2.05) is 32.8 Å². The van der Waals surface area contributed by atoms with E-state index in [2.05, 4.69) is 4.90 Å². The van der Waals surface area contributed by atoms with Gasteiger partial charge in [-0.1, -0.05) is 0 Å². The summed E-state index contributed by atoms with van der Waals surface area (Å²) < 4.78 is 0. The fourth-order valence-electron chi connectivity index (χ4n) is 2.13. The summed E-state index contributed by atoms with van der Waals surface area (Å²) in [6, 6.07) is 3.64. The van der Waals surface area contributed by atoms with Gasteiger partial charge in [0.2, 0.25) is 0 Å². The second kappa shape index (κ2) is 7.95. The Labute approximate surface area is 129 Å². The molecule has 21 heavy (non-hydrogen) atoms. The first kappa shape index (κ1) is 17.4. The van der Waals surface area contributed by atoms with Gasteiger partial charge in [0.1, 0.15) is 0 Å². The van der Waals surface area contributed by atoms with Crippen molar-refractivity contribution in [3.8, 4) is 0 Å². The Morgan fingerprint density at radius 3 is 2.57 bits per heavy atom. The maximum absolute atomic E-state index is 12.5. The fraction of sp³-hybridized carbons (Fsp3) is 0.467. The van der Waals surface area contributed by atoms with Gasteiger partial charge < -0.3 is 14.9 Å². The van der Waals surface area contributed by atoms with Crippen LogP contribution in [0.1, 0.15) is 28.4 Å². The molecule has 1 aromatic heterocycles. The minimum absolute atomic E-state index is 0.00757. The molecular weight excluding hydrogens is 288 g/mol. The van der Waals surface area contributed by atoms with Crippen molar-refractivity contribution in [2.24, 2.45) is 0 Å². The molecule has 1 unspecified atom stereocenters. The molecule has 0 fully saturated rings. The predicted molar refractivity (Wildman–Crippen MR) is 85.7 cm³/mol. The summed E-state index contributed by atoms with van der Waals surface area (Å²) in [4.78, 5) is 28.3. The Kier molecular flexibility index (Phi) is 6.58. The first-order valence-corrected chi connectivity index (χ1v) is 7.63. The second-order valence-electron chi connectivity index (χ2n) is 5.08. The van der Waals surface area contributed by atoms with Crippen LogP contribution in [0.3, 0.4) is 0 Å². The monoisotopic (exact) mass is 310 g/mol. The van der Waals surface area contributed by atoms with E-state index in [9.17, 15) is 9.59 Å². The van der Waals surface area contributed by atoms with E-state index in [-0.39, 0.29) is 11.9 Å². The van der Waals surface area contributed by atoms with Crippen molar-refractivity contribution >= 4 is 29.3 Å². The van der Waals surface area contributed by atoms with Crippen molar-refractivity contribution in [3.05, 3.63) is 28.0 Å². The summed E-state index contributed by atoms with van der Waals surface area (Å²) in [5, 5.41) is 8.61. The first-order valence-electron chi connectivity index (χ1n) is 6.81. The quantitative estimate of drug-likeness (QED) is 0.785. The zero-order chi connectivity index (χ0) is 16.0. The number of hydrogen-bond donors (Lipinski definition) is 1. The smallest absolute Gasteiger partial charge is 0.328 e. The number of carboxylic acids is 1. The summed E-state index contributed by atoms with van der Waals surface area (Å²) in [7, 11) is 3.96. The first-order chi connectivity index (χ1) is 9.85. The summed E-state index contributed by atoms with van der Waals surface area (Å²) in [5.41, 5.74) is 0. The molecular formula is C15H22N2O3S. The summed E-state index contributed by atoms with van der Waals surface area (Å²) >= 11 is 1.31. The number of carbonyl (C=O) groups excluding carboxylic acids is 1. The third-order valence-electron chi connectivity index (χ3n) is 2.99. The molecule has 0 saturated heterocycles. The lowest BCUT2D eigenvalue weighted by Gasteiger charge is -2.29. The highest BCUT2D eigenvalue weighted by atomic mass is 32.1. The SMILES string of the molecule is CCN(C(=O)c1ccc(/C=C/C(=O)O)s1)C(C)CN(C)C. The van der Waals surface area contributed by atoms with Crippen LogP contribution in [0.2, 0.25) is 0 Å². The lowest BCUT2D eigenvalue weighted by Crippen LogP contribution is -2.43. The summed E-state index contributed by atoms with van der Waals surface area (Å²) in [5.74, 6) is -1.00. The van der Waals surface area contributed by atoms with E-state index in [0.717, 1.165) is 17.5 Å². The number of carbonyl (C=O) groups is 2. The van der Waals surface area contributed by atoms with E-state index < -0.39 is 5.97 Å². The number of aliphatic carboxylic acids is 1. The van der Waals surface area contributed by atoms with Gasteiger partial charge in [-0.2, -0.15) is 0 Å². The number of rotatable bonds is 7. The zero-order valence-corrected chi connectivity index (χ0v) is 13.7. The Morgan fingerprint density at radius 2 is 2.05 bits per heavy atom. The fourth-order valence-corrected chi connectivity index (χ4v) is 3.00. The molecule has 6 heteroatoms. The van der Waals surface area contributed by atoms with Crippen LogP contribution in [0, 0.1) is 0 Å². The molecule has 0 aromatic carbocycles. The number of hydrogen-bond acceptors (Lipinski definition) is 4. The van der Waals surface area contributed by atoms with Gasteiger partial charge in [-0.15, -0.1) is 11.3 Å². The van der Waals surface area contributed by atoms with Crippen LogP contribution in [0.5, 0.6) is 0 Å². The molecule has 0 aliphatic heterocycles. The van der Waals surface area contributed by atoms with Crippen molar-refractivity contribution in [2.45, 2.75) is 19.9 Å². The van der Waals surface area contributed by atoms with E-state index in [1.165, 1.54) is 17.4 Å². The lowest BCUT2D eigenvalue weighted by atomic mass is 10.2. The minimum atomic E-state index is -0.994. The van der Waals surface area contributed by atoms with Crippen LogP contribution in [0.15, 0.2) is 18.2 Å². The molecule has 1 rings (SSSR count). The normalized spacial score (nSPS) is 12.8. The number of thiophene rings is 1. The van der Waals surface area contributed by atoms with Crippen LogP contribution in [-0.4, -0.2) is 60.0 Å². The third kappa shape index (κ3) is 5.32. The molecule has 1 amide bonds. The van der Waals surface area contributed by atoms with E-state index >= 15 is 0 Å². The molecule has 116 valence electrons. The van der Waals surface area contributed by atoms with Crippen LogP contribution in [-0.2, 0) is 4.79 Å². The zero-order valence-electron chi connectivity index (χ0n) is 12.9. The molecule has 1 aromatic rings. The maximum atomic E-state index is 12.5. The average molecular weight is 310 g/mol. The average Bonchev–Trinajstić information content (AvgIpc) is 2.84. The Hall–Kier alpha value is -1.66. The van der Waals surface area contributed by atoms with Gasteiger partial charge in [0.05, 0.1) is 4.88 Å². The highest BCUT2D eigenvalue weighted by molar-refractivity contribution is 7.14. The predicted octanol–water partition coefficient (Wildman–Crippen LogP) is 2.26. The van der Waals surface area contributed by atoms with E-state index in [4.69, 9.17) is 5.11 Å². The van der Waals surface area contributed by atoms with E-state index in [0.29, 0.717) is 11.4 Å². The number of likely N-dealkylation sites (N-methyl/N-ethyl adjacent to an activating group) is 2. The Balaban J connectivity index is 2.83. The molecule has 0 spiro atoms. The third-order valence-corrected chi connectivity index (χ3v) is 4.03. The van der Waals surface area contributed by atoms with Crippen molar-refractivity contribution < 1.29 is 14.7 Å². The Bertz CT molecular complexity index is 523. The minimum Gasteiger partial charge on any atom is -0.478 e. The highest BCUT2D eigenvalue weighted by Crippen LogP contribution is 2.20. The number of nitrogens with zero attached hydrogens (tertiary/aromatic N) is 2. The highest BCUT2D eigenvalue weighted by Gasteiger charge is 2.21. The molecule has 1 atom stereocenters. The van der Waals surface area contributed by atoms with Gasteiger partial charge in [0.15, 0.2) is 0 Å². The number of amides is 1. The molecule has 5 nitrogen and oxygen atoms in total. The molecule has 0 saturated carbocycles. The lowest BCUT2D eigenvalue weighted by molar-refractivity contribution is -0.131. The Morgan fingerprint density at radius 1 is 1.38 bits per heavy atom. The number of carboxylic acid groups (broad SMARTS) is 1. The van der Waals surface area contributed by atoms with Crippen LogP contribution in [0.4, 0.5) is 0 Å². The van der Waals surface area contributed by atoms with Crippen molar-refractivity contribution in [1.82, 2.24) is 9.80 Å². The summed E-state index contributed by atoms with van der Waals surface area (Å²) in [6.45, 7) is 5.44. The molecule has 0 bridgehead atoms. The topological polar surface area (TPSA) is 60.9 Å². The maximum Gasteiger partial charge on any atom is 0.328 e. The van der Waals surface area contributed by atoms with Crippen LogP contribution >= 0.6 is 11.3 Å². The van der Waals surface area contributed by atoms with Crippen molar-refractivity contribution in [3.63, 3.8) is 0 Å². The molecule has 1 heterocycles. The van der Waals surface area contributed by atoms with Gasteiger partial charge in [0.25, 0.3) is 5.91 Å². The van der Waals surface area contributed by atoms with Crippen LogP contribution in [0.25, 0.3) is 6.08 Å². The summed E-state index contributed by atoms with van der Waals surface area (Å²) in [6.07, 6.45) is 2.58. The molecule has 1 N–H and O–H groups in total. The van der Waals surface area contributed by atoms with Gasteiger partial charge in [0, 0.05) is 30.1 Å². The van der Waals surface area contributed by atoms with Gasteiger partial charge in [-0.25, -0.2) is 4.79 Å².